The maximum absolute atomic E-state index is 9.02. The molecular weight excluding hydrogens is 186 g/mol. The lowest BCUT2D eigenvalue weighted by Gasteiger charge is -2.17. The van der Waals surface area contributed by atoms with Gasteiger partial charge in [-0.2, -0.15) is 0 Å². The molecule has 0 bridgehead atoms. The zero-order chi connectivity index (χ0) is 11.1. The molecular formula is C13H21NO. The fraction of sp³-hybridized carbons (Fsp3) is 0.538. The molecule has 0 unspecified atom stereocenters. The van der Waals surface area contributed by atoms with Crippen molar-refractivity contribution in [3.8, 4) is 0 Å². The van der Waals surface area contributed by atoms with Gasteiger partial charge in [-0.1, -0.05) is 38.1 Å². The summed E-state index contributed by atoms with van der Waals surface area (Å²) in [4.78, 5) is 2.41. The minimum atomic E-state index is 0.138. The lowest BCUT2D eigenvalue weighted by Crippen LogP contribution is -2.25. The lowest BCUT2D eigenvalue weighted by molar-refractivity contribution is 0.281. The number of likely N-dealkylation sites (N-methyl/N-ethyl adjacent to an activating group) is 1. The Morgan fingerprint density at radius 3 is 2.40 bits per heavy atom. The fourth-order valence-corrected chi connectivity index (χ4v) is 1.71. The van der Waals surface area contributed by atoms with Gasteiger partial charge in [-0.05, 0) is 30.6 Å². The Labute approximate surface area is 92.5 Å². The summed E-state index contributed by atoms with van der Waals surface area (Å²) in [6.07, 6.45) is 1.06. The Morgan fingerprint density at radius 1 is 1.13 bits per heavy atom. The molecule has 0 amide bonds. The number of benzene rings is 1. The molecule has 1 aromatic rings. The van der Waals surface area contributed by atoms with E-state index in [4.69, 9.17) is 5.11 Å². The summed E-state index contributed by atoms with van der Waals surface area (Å²) < 4.78 is 0. The average molecular weight is 207 g/mol. The van der Waals surface area contributed by atoms with Gasteiger partial charge in [0.25, 0.3) is 0 Å². The molecule has 84 valence electrons. The van der Waals surface area contributed by atoms with E-state index < -0.39 is 0 Å². The average Bonchev–Trinajstić information content (AvgIpc) is 2.31. The minimum Gasteiger partial charge on any atom is -0.392 e. The Hall–Kier alpha value is -0.860. The first-order chi connectivity index (χ1) is 7.30. The lowest BCUT2D eigenvalue weighted by atomic mass is 10.1. The van der Waals surface area contributed by atoms with E-state index in [9.17, 15) is 0 Å². The van der Waals surface area contributed by atoms with Gasteiger partial charge in [-0.3, -0.25) is 0 Å². The van der Waals surface area contributed by atoms with Crippen molar-refractivity contribution in [2.45, 2.75) is 26.9 Å². The molecule has 0 saturated heterocycles. The summed E-state index contributed by atoms with van der Waals surface area (Å²) in [5, 5.41) is 9.02. The van der Waals surface area contributed by atoms with Crippen molar-refractivity contribution in [1.82, 2.24) is 4.90 Å². The number of nitrogens with zero attached hydrogens (tertiary/aromatic N) is 1. The molecule has 1 N–H and O–H groups in total. The molecule has 2 heteroatoms. The van der Waals surface area contributed by atoms with Crippen molar-refractivity contribution in [3.05, 3.63) is 35.4 Å². The molecule has 0 aliphatic carbocycles. The van der Waals surface area contributed by atoms with Crippen LogP contribution in [0.2, 0.25) is 0 Å². The molecule has 0 heterocycles. The second kappa shape index (κ2) is 6.59. The van der Waals surface area contributed by atoms with Crippen LogP contribution in [-0.2, 0) is 13.0 Å². The Balaban J connectivity index is 2.49. The van der Waals surface area contributed by atoms with Gasteiger partial charge in [0, 0.05) is 6.54 Å². The highest BCUT2D eigenvalue weighted by Gasteiger charge is 2.00. The first kappa shape index (κ1) is 12.2. The normalized spacial score (nSPS) is 10.9. The SMILES string of the molecule is CCN(CC)CCc1cccc(CO)c1. The van der Waals surface area contributed by atoms with Crippen LogP contribution in [0.15, 0.2) is 24.3 Å². The van der Waals surface area contributed by atoms with Crippen LogP contribution in [0, 0.1) is 0 Å². The number of hydrogen-bond acceptors (Lipinski definition) is 2. The summed E-state index contributed by atoms with van der Waals surface area (Å²) in [5.41, 5.74) is 2.32. The maximum Gasteiger partial charge on any atom is 0.0681 e. The molecule has 0 aliphatic rings. The van der Waals surface area contributed by atoms with Crippen molar-refractivity contribution in [3.63, 3.8) is 0 Å². The second-order valence-electron chi connectivity index (χ2n) is 3.75. The number of aliphatic hydroxyl groups excluding tert-OH is 1. The smallest absolute Gasteiger partial charge is 0.0681 e. The standard InChI is InChI=1S/C13H21NO/c1-3-14(4-2)9-8-12-6-5-7-13(10-12)11-15/h5-7,10,15H,3-4,8-9,11H2,1-2H3. The van der Waals surface area contributed by atoms with Crippen molar-refractivity contribution < 1.29 is 5.11 Å². The molecule has 0 aromatic heterocycles. The summed E-state index contributed by atoms with van der Waals surface area (Å²) in [5.74, 6) is 0. The van der Waals surface area contributed by atoms with Gasteiger partial charge < -0.3 is 10.0 Å². The second-order valence-corrected chi connectivity index (χ2v) is 3.75. The van der Waals surface area contributed by atoms with Crippen molar-refractivity contribution in [2.75, 3.05) is 19.6 Å². The molecule has 0 atom stereocenters. The maximum atomic E-state index is 9.02. The Kier molecular flexibility index (Phi) is 5.37. The van der Waals surface area contributed by atoms with Gasteiger partial charge in [0.05, 0.1) is 6.61 Å². The molecule has 1 aromatic carbocycles. The molecule has 0 saturated carbocycles. The van der Waals surface area contributed by atoms with Crippen LogP contribution in [0.5, 0.6) is 0 Å². The fourth-order valence-electron chi connectivity index (χ4n) is 1.71. The largest absolute Gasteiger partial charge is 0.392 e. The van der Waals surface area contributed by atoms with E-state index in [-0.39, 0.29) is 6.61 Å². The van der Waals surface area contributed by atoms with Gasteiger partial charge >= 0.3 is 0 Å². The summed E-state index contributed by atoms with van der Waals surface area (Å²) in [6, 6.07) is 8.19. The van der Waals surface area contributed by atoms with E-state index in [0.29, 0.717) is 0 Å². The molecule has 2 nitrogen and oxygen atoms in total. The van der Waals surface area contributed by atoms with Gasteiger partial charge in [-0.15, -0.1) is 0 Å². The highest BCUT2D eigenvalue weighted by atomic mass is 16.3. The third kappa shape index (κ3) is 4.02. The van der Waals surface area contributed by atoms with Crippen LogP contribution in [0.4, 0.5) is 0 Å². The quantitative estimate of drug-likeness (QED) is 0.772. The van der Waals surface area contributed by atoms with E-state index in [1.807, 2.05) is 12.1 Å². The van der Waals surface area contributed by atoms with Crippen molar-refractivity contribution >= 4 is 0 Å². The minimum absolute atomic E-state index is 0.138. The van der Waals surface area contributed by atoms with Crippen LogP contribution in [0.3, 0.4) is 0 Å². The molecule has 0 fully saturated rings. The van der Waals surface area contributed by atoms with E-state index in [0.717, 1.165) is 31.6 Å². The highest BCUT2D eigenvalue weighted by molar-refractivity contribution is 5.23. The van der Waals surface area contributed by atoms with Gasteiger partial charge in [-0.25, -0.2) is 0 Å². The third-order valence-corrected chi connectivity index (χ3v) is 2.79. The number of hydrogen-bond donors (Lipinski definition) is 1. The van der Waals surface area contributed by atoms with Crippen LogP contribution in [0.25, 0.3) is 0 Å². The molecule has 15 heavy (non-hydrogen) atoms. The predicted octanol–water partition coefficient (Wildman–Crippen LogP) is 2.06. The molecule has 1 rings (SSSR count). The summed E-state index contributed by atoms with van der Waals surface area (Å²) in [6.45, 7) is 7.83. The van der Waals surface area contributed by atoms with Crippen LogP contribution >= 0.6 is 0 Å². The van der Waals surface area contributed by atoms with E-state index in [1.165, 1.54) is 5.56 Å². The van der Waals surface area contributed by atoms with Crippen LogP contribution in [0.1, 0.15) is 25.0 Å². The van der Waals surface area contributed by atoms with E-state index in [2.05, 4.69) is 30.9 Å². The number of aliphatic hydroxyl groups is 1. The zero-order valence-electron chi connectivity index (χ0n) is 9.74. The molecule has 0 spiro atoms. The van der Waals surface area contributed by atoms with Gasteiger partial charge in [0.1, 0.15) is 0 Å². The molecule has 0 aliphatic heterocycles. The number of rotatable bonds is 6. The van der Waals surface area contributed by atoms with E-state index >= 15 is 0 Å². The Morgan fingerprint density at radius 2 is 1.80 bits per heavy atom. The third-order valence-electron chi connectivity index (χ3n) is 2.79. The topological polar surface area (TPSA) is 23.5 Å². The van der Waals surface area contributed by atoms with Crippen LogP contribution in [-0.4, -0.2) is 29.6 Å². The highest BCUT2D eigenvalue weighted by Crippen LogP contribution is 2.06. The predicted molar refractivity (Wildman–Crippen MR) is 63.9 cm³/mol. The monoisotopic (exact) mass is 207 g/mol. The Bertz CT molecular complexity index is 282. The van der Waals surface area contributed by atoms with Gasteiger partial charge in [0.2, 0.25) is 0 Å². The van der Waals surface area contributed by atoms with Crippen LogP contribution < -0.4 is 0 Å². The first-order valence-electron chi connectivity index (χ1n) is 5.71. The van der Waals surface area contributed by atoms with Crippen molar-refractivity contribution in [1.29, 1.82) is 0 Å². The zero-order valence-corrected chi connectivity index (χ0v) is 9.74. The first-order valence-corrected chi connectivity index (χ1v) is 5.71. The van der Waals surface area contributed by atoms with Crippen molar-refractivity contribution in [2.24, 2.45) is 0 Å². The molecule has 0 radical (unpaired) electrons. The summed E-state index contributed by atoms with van der Waals surface area (Å²) in [7, 11) is 0. The van der Waals surface area contributed by atoms with E-state index in [1.54, 1.807) is 0 Å². The van der Waals surface area contributed by atoms with Gasteiger partial charge in [0.15, 0.2) is 0 Å². The summed E-state index contributed by atoms with van der Waals surface area (Å²) >= 11 is 0.